The number of para-hydroxylation sites is 1. The predicted octanol–water partition coefficient (Wildman–Crippen LogP) is 2.32. The SMILES string of the molecule is C[C@H]1N[C@]2(C(=O)Nc3c(Cl)cccc32)[C@@H]2C(=O)N(CCc3ccccc3)C(=O)[C@@H]21. The fourth-order valence-electron chi connectivity index (χ4n) is 5.12. The van der Waals surface area contributed by atoms with E-state index in [9.17, 15) is 14.4 Å². The number of carbonyl (C=O) groups excluding carboxylic acids is 3. The maximum absolute atomic E-state index is 13.4. The average Bonchev–Trinajstić information content (AvgIpc) is 3.27. The zero-order valence-corrected chi connectivity index (χ0v) is 16.6. The summed E-state index contributed by atoms with van der Waals surface area (Å²) in [5.41, 5.74) is 0.947. The quantitative estimate of drug-likeness (QED) is 0.762. The minimum absolute atomic E-state index is 0.212. The van der Waals surface area contributed by atoms with Crippen molar-refractivity contribution in [1.29, 1.82) is 0 Å². The Labute approximate surface area is 173 Å². The normalized spacial score (nSPS) is 30.1. The van der Waals surface area contributed by atoms with Gasteiger partial charge in [0.15, 0.2) is 0 Å². The predicted molar refractivity (Wildman–Crippen MR) is 108 cm³/mol. The second-order valence-corrected chi connectivity index (χ2v) is 8.33. The van der Waals surface area contributed by atoms with E-state index in [1.807, 2.05) is 37.3 Å². The van der Waals surface area contributed by atoms with Crippen molar-refractivity contribution in [2.24, 2.45) is 11.8 Å². The van der Waals surface area contributed by atoms with E-state index in [2.05, 4.69) is 10.6 Å². The fraction of sp³-hybridized carbons (Fsp3) is 0.318. The topological polar surface area (TPSA) is 78.5 Å². The Morgan fingerprint density at radius 1 is 1.03 bits per heavy atom. The molecule has 0 aromatic heterocycles. The number of amides is 3. The summed E-state index contributed by atoms with van der Waals surface area (Å²) in [6.07, 6.45) is 0.585. The number of hydrogen-bond donors (Lipinski definition) is 2. The summed E-state index contributed by atoms with van der Waals surface area (Å²) in [5, 5.41) is 6.52. The standard InChI is InChI=1S/C22H20ClN3O3/c1-12-16-17(20(28)26(19(16)27)11-10-13-6-3-2-4-7-13)22(25-12)14-8-5-9-15(23)18(14)24-21(22)29/h2-9,12,16-17,25H,10-11H2,1H3,(H,24,29)/t12-,16-,17+,22+/m1/s1. The van der Waals surface area contributed by atoms with Crippen LogP contribution in [0, 0.1) is 11.8 Å². The summed E-state index contributed by atoms with van der Waals surface area (Å²) in [6, 6.07) is 14.7. The molecular formula is C22H20ClN3O3. The summed E-state index contributed by atoms with van der Waals surface area (Å²) < 4.78 is 0. The molecule has 3 amide bonds. The molecule has 2 N–H and O–H groups in total. The number of anilines is 1. The smallest absolute Gasteiger partial charge is 0.250 e. The number of benzene rings is 2. The summed E-state index contributed by atoms with van der Waals surface area (Å²) >= 11 is 6.28. The molecule has 7 heteroatoms. The molecule has 0 aliphatic carbocycles. The lowest BCUT2D eigenvalue weighted by molar-refractivity contribution is -0.142. The number of likely N-dealkylation sites (tertiary alicyclic amines) is 1. The number of rotatable bonds is 3. The van der Waals surface area contributed by atoms with Gasteiger partial charge in [-0.2, -0.15) is 0 Å². The van der Waals surface area contributed by atoms with Crippen LogP contribution in [0.5, 0.6) is 0 Å². The third kappa shape index (κ3) is 2.42. The van der Waals surface area contributed by atoms with Gasteiger partial charge >= 0.3 is 0 Å². The number of nitrogens with zero attached hydrogens (tertiary/aromatic N) is 1. The Hall–Kier alpha value is -2.70. The van der Waals surface area contributed by atoms with Crippen LogP contribution < -0.4 is 10.6 Å². The first kappa shape index (κ1) is 18.3. The van der Waals surface area contributed by atoms with Crippen LogP contribution in [-0.4, -0.2) is 35.2 Å². The molecule has 3 aliphatic rings. The Morgan fingerprint density at radius 3 is 2.55 bits per heavy atom. The van der Waals surface area contributed by atoms with Crippen molar-refractivity contribution in [1.82, 2.24) is 10.2 Å². The summed E-state index contributed by atoms with van der Waals surface area (Å²) in [5.74, 6) is -2.19. The highest BCUT2D eigenvalue weighted by Crippen LogP contribution is 2.53. The number of fused-ring (bicyclic) bond motifs is 4. The maximum atomic E-state index is 13.4. The summed E-state index contributed by atoms with van der Waals surface area (Å²) in [4.78, 5) is 41.0. The lowest BCUT2D eigenvalue weighted by atomic mass is 9.76. The highest BCUT2D eigenvalue weighted by molar-refractivity contribution is 6.35. The Kier molecular flexibility index (Phi) is 4.05. The molecule has 0 unspecified atom stereocenters. The molecule has 148 valence electrons. The summed E-state index contributed by atoms with van der Waals surface area (Å²) in [7, 11) is 0. The van der Waals surface area contributed by atoms with Gasteiger partial charge in [-0.3, -0.25) is 24.6 Å². The number of halogens is 1. The van der Waals surface area contributed by atoms with Crippen molar-refractivity contribution in [3.8, 4) is 0 Å². The van der Waals surface area contributed by atoms with Gasteiger partial charge in [0.2, 0.25) is 17.7 Å². The first-order valence-electron chi connectivity index (χ1n) is 9.72. The highest BCUT2D eigenvalue weighted by atomic mass is 35.5. The number of nitrogens with one attached hydrogen (secondary N) is 2. The third-order valence-electron chi connectivity index (χ3n) is 6.40. The molecule has 2 saturated heterocycles. The lowest BCUT2D eigenvalue weighted by Gasteiger charge is -2.29. The summed E-state index contributed by atoms with van der Waals surface area (Å²) in [6.45, 7) is 2.16. The monoisotopic (exact) mass is 409 g/mol. The van der Waals surface area contributed by atoms with Crippen molar-refractivity contribution >= 4 is 35.0 Å². The molecule has 1 spiro atoms. The molecule has 4 atom stereocenters. The van der Waals surface area contributed by atoms with E-state index in [0.717, 1.165) is 5.56 Å². The van der Waals surface area contributed by atoms with Crippen LogP contribution in [0.3, 0.4) is 0 Å². The second kappa shape index (κ2) is 6.40. The van der Waals surface area contributed by atoms with E-state index < -0.39 is 17.4 Å². The molecule has 0 saturated carbocycles. The maximum Gasteiger partial charge on any atom is 0.250 e. The molecule has 2 aromatic rings. The van der Waals surface area contributed by atoms with Gasteiger partial charge in [-0.05, 0) is 25.0 Å². The van der Waals surface area contributed by atoms with Crippen LogP contribution in [0.4, 0.5) is 5.69 Å². The van der Waals surface area contributed by atoms with E-state index in [0.29, 0.717) is 29.2 Å². The highest BCUT2D eigenvalue weighted by Gasteiger charge is 2.69. The molecule has 0 radical (unpaired) electrons. The molecular weight excluding hydrogens is 390 g/mol. The van der Waals surface area contributed by atoms with Crippen LogP contribution in [0.15, 0.2) is 48.5 Å². The average molecular weight is 410 g/mol. The fourth-order valence-corrected chi connectivity index (χ4v) is 5.34. The van der Waals surface area contributed by atoms with E-state index in [-0.39, 0.29) is 23.8 Å². The van der Waals surface area contributed by atoms with E-state index in [1.165, 1.54) is 4.90 Å². The van der Waals surface area contributed by atoms with Gasteiger partial charge in [0.25, 0.3) is 0 Å². The van der Waals surface area contributed by atoms with Crippen molar-refractivity contribution in [3.05, 3.63) is 64.7 Å². The van der Waals surface area contributed by atoms with Crippen molar-refractivity contribution in [2.45, 2.75) is 24.9 Å². The molecule has 29 heavy (non-hydrogen) atoms. The number of hydrogen-bond acceptors (Lipinski definition) is 4. The zero-order valence-electron chi connectivity index (χ0n) is 15.8. The molecule has 0 bridgehead atoms. The van der Waals surface area contributed by atoms with Crippen LogP contribution >= 0.6 is 11.6 Å². The molecule has 5 rings (SSSR count). The zero-order chi connectivity index (χ0) is 20.3. The van der Waals surface area contributed by atoms with Crippen molar-refractivity contribution in [3.63, 3.8) is 0 Å². The van der Waals surface area contributed by atoms with Gasteiger partial charge in [-0.15, -0.1) is 0 Å². The molecule has 3 aliphatic heterocycles. The lowest BCUT2D eigenvalue weighted by Crippen LogP contribution is -2.53. The third-order valence-corrected chi connectivity index (χ3v) is 6.72. The Balaban J connectivity index is 1.52. The van der Waals surface area contributed by atoms with Crippen molar-refractivity contribution in [2.75, 3.05) is 11.9 Å². The van der Waals surface area contributed by atoms with E-state index in [4.69, 9.17) is 11.6 Å². The van der Waals surface area contributed by atoms with Crippen LogP contribution in [0.1, 0.15) is 18.1 Å². The molecule has 3 heterocycles. The first-order chi connectivity index (χ1) is 13.9. The van der Waals surface area contributed by atoms with Gasteiger partial charge in [0.05, 0.1) is 22.5 Å². The van der Waals surface area contributed by atoms with Gasteiger partial charge in [-0.25, -0.2) is 0 Å². The van der Waals surface area contributed by atoms with Crippen LogP contribution in [-0.2, 0) is 26.3 Å². The van der Waals surface area contributed by atoms with Gasteiger partial charge in [-0.1, -0.05) is 54.1 Å². The van der Waals surface area contributed by atoms with Crippen LogP contribution in [0.25, 0.3) is 0 Å². The Morgan fingerprint density at radius 2 is 1.79 bits per heavy atom. The first-order valence-corrected chi connectivity index (χ1v) is 10.1. The Bertz CT molecular complexity index is 1040. The largest absolute Gasteiger partial charge is 0.323 e. The van der Waals surface area contributed by atoms with Crippen molar-refractivity contribution < 1.29 is 14.4 Å². The minimum Gasteiger partial charge on any atom is -0.323 e. The molecule has 2 aromatic carbocycles. The van der Waals surface area contributed by atoms with Crippen LogP contribution in [0.2, 0.25) is 5.02 Å². The molecule has 2 fully saturated rings. The van der Waals surface area contributed by atoms with E-state index in [1.54, 1.807) is 18.2 Å². The molecule has 6 nitrogen and oxygen atoms in total. The van der Waals surface area contributed by atoms with E-state index >= 15 is 0 Å². The number of imide groups is 1. The number of carbonyl (C=O) groups is 3. The van der Waals surface area contributed by atoms with Gasteiger partial charge in [0, 0.05) is 18.2 Å². The second-order valence-electron chi connectivity index (χ2n) is 7.92. The minimum atomic E-state index is -1.27. The van der Waals surface area contributed by atoms with Gasteiger partial charge in [0.1, 0.15) is 5.54 Å². The van der Waals surface area contributed by atoms with Gasteiger partial charge < -0.3 is 5.32 Å².